The predicted molar refractivity (Wildman–Crippen MR) is 78.1 cm³/mol. The maximum atomic E-state index is 12.4. The van der Waals surface area contributed by atoms with Crippen molar-refractivity contribution in [2.45, 2.75) is 31.8 Å². The van der Waals surface area contributed by atoms with Crippen LogP contribution in [0.1, 0.15) is 30.5 Å². The maximum absolute atomic E-state index is 12.4. The maximum Gasteiger partial charge on any atom is 0.410 e. The number of fused-ring (bicyclic) bond motifs is 5. The lowest BCUT2D eigenvalue weighted by Crippen LogP contribution is -2.39. The van der Waals surface area contributed by atoms with E-state index in [4.69, 9.17) is 9.47 Å². The number of benzene rings is 1. The summed E-state index contributed by atoms with van der Waals surface area (Å²) < 4.78 is 10.5. The standard InChI is InChI=1S/C17H19NO4/c1-2-21-16(19)14-7-10-5-3-4-6-12(10)15-13(14)8-11-9-22-17(20)18(11)15/h3-6,11,13-15H,2,7-9H2,1H3/t11-,13-,14+,15+/m0/s1. The van der Waals surface area contributed by atoms with Crippen molar-refractivity contribution in [3.63, 3.8) is 0 Å². The van der Waals surface area contributed by atoms with Gasteiger partial charge in [0.2, 0.25) is 0 Å². The molecule has 1 aromatic rings. The lowest BCUT2D eigenvalue weighted by Gasteiger charge is -2.36. The number of cyclic esters (lactones) is 1. The van der Waals surface area contributed by atoms with Gasteiger partial charge in [-0.3, -0.25) is 9.69 Å². The molecule has 5 nitrogen and oxygen atoms in total. The topological polar surface area (TPSA) is 55.8 Å². The lowest BCUT2D eigenvalue weighted by atomic mass is 9.72. The SMILES string of the molecule is CCOC(=O)[C@@H]1Cc2ccccc2[C@@H]2[C@H]1C[C@H]1COC(=O)N12. The molecule has 0 N–H and O–H groups in total. The zero-order valence-electron chi connectivity index (χ0n) is 12.5. The van der Waals surface area contributed by atoms with E-state index in [9.17, 15) is 9.59 Å². The molecule has 2 saturated heterocycles. The largest absolute Gasteiger partial charge is 0.466 e. The monoisotopic (exact) mass is 301 g/mol. The van der Waals surface area contributed by atoms with E-state index in [1.165, 1.54) is 0 Å². The third kappa shape index (κ3) is 1.84. The van der Waals surface area contributed by atoms with E-state index in [2.05, 4.69) is 6.07 Å². The van der Waals surface area contributed by atoms with E-state index in [1.807, 2.05) is 30.0 Å². The Morgan fingerprint density at radius 3 is 3.05 bits per heavy atom. The van der Waals surface area contributed by atoms with Crippen LogP contribution < -0.4 is 0 Å². The molecule has 4 atom stereocenters. The molecule has 0 bridgehead atoms. The van der Waals surface area contributed by atoms with Gasteiger partial charge in [-0.1, -0.05) is 24.3 Å². The van der Waals surface area contributed by atoms with Gasteiger partial charge in [-0.25, -0.2) is 4.79 Å². The summed E-state index contributed by atoms with van der Waals surface area (Å²) in [6.45, 7) is 2.66. The number of carbonyl (C=O) groups excluding carboxylic acids is 2. The highest BCUT2D eigenvalue weighted by Gasteiger charge is 2.55. The van der Waals surface area contributed by atoms with E-state index < -0.39 is 0 Å². The molecule has 4 rings (SSSR count). The molecule has 5 heteroatoms. The van der Waals surface area contributed by atoms with Crippen molar-refractivity contribution in [1.29, 1.82) is 0 Å². The molecular weight excluding hydrogens is 282 g/mol. The highest BCUT2D eigenvalue weighted by Crippen LogP contribution is 2.51. The first-order valence-corrected chi connectivity index (χ1v) is 7.90. The smallest absolute Gasteiger partial charge is 0.410 e. The van der Waals surface area contributed by atoms with Crippen molar-refractivity contribution in [3.8, 4) is 0 Å². The van der Waals surface area contributed by atoms with Crippen molar-refractivity contribution >= 4 is 12.1 Å². The number of ether oxygens (including phenoxy) is 2. The summed E-state index contributed by atoms with van der Waals surface area (Å²) in [5, 5.41) is 0. The van der Waals surface area contributed by atoms with Crippen molar-refractivity contribution in [2.75, 3.05) is 13.2 Å². The van der Waals surface area contributed by atoms with Crippen molar-refractivity contribution in [1.82, 2.24) is 4.90 Å². The first-order chi connectivity index (χ1) is 10.7. The van der Waals surface area contributed by atoms with Crippen LogP contribution >= 0.6 is 0 Å². The fourth-order valence-electron chi connectivity index (χ4n) is 4.31. The Labute approximate surface area is 129 Å². The molecule has 2 aliphatic heterocycles. The third-order valence-corrected chi connectivity index (χ3v) is 5.17. The second kappa shape index (κ2) is 5.00. The molecule has 0 radical (unpaired) electrons. The Balaban J connectivity index is 1.77. The van der Waals surface area contributed by atoms with Crippen molar-refractivity contribution in [2.24, 2.45) is 11.8 Å². The minimum absolute atomic E-state index is 0.0562. The van der Waals surface area contributed by atoms with E-state index in [-0.39, 0.29) is 36.0 Å². The molecule has 1 aromatic carbocycles. The fourth-order valence-corrected chi connectivity index (χ4v) is 4.31. The van der Waals surface area contributed by atoms with E-state index in [0.717, 1.165) is 17.5 Å². The summed E-state index contributed by atoms with van der Waals surface area (Å²) >= 11 is 0. The first-order valence-electron chi connectivity index (χ1n) is 7.90. The number of esters is 1. The van der Waals surface area contributed by atoms with Crippen LogP contribution in [0.15, 0.2) is 24.3 Å². The molecule has 0 saturated carbocycles. The average Bonchev–Trinajstić information content (AvgIpc) is 3.07. The van der Waals surface area contributed by atoms with Crippen molar-refractivity contribution < 1.29 is 19.1 Å². The summed E-state index contributed by atoms with van der Waals surface area (Å²) in [6.07, 6.45) is 1.26. The molecule has 1 amide bonds. The molecular formula is C17H19NO4. The molecule has 116 valence electrons. The first kappa shape index (κ1) is 13.6. The summed E-state index contributed by atoms with van der Waals surface area (Å²) in [5.41, 5.74) is 2.30. The molecule has 3 aliphatic rings. The number of nitrogens with zero attached hydrogens (tertiary/aromatic N) is 1. The molecule has 2 fully saturated rings. The van der Waals surface area contributed by atoms with Crippen LogP contribution in [-0.4, -0.2) is 36.2 Å². The van der Waals surface area contributed by atoms with Gasteiger partial charge in [-0.2, -0.15) is 0 Å². The van der Waals surface area contributed by atoms with Crippen LogP contribution in [-0.2, 0) is 20.7 Å². The van der Waals surface area contributed by atoms with Crippen LogP contribution in [0, 0.1) is 11.8 Å². The minimum Gasteiger partial charge on any atom is -0.466 e. The summed E-state index contributed by atoms with van der Waals surface area (Å²) in [5.74, 6) is -0.174. The second-order valence-electron chi connectivity index (χ2n) is 6.24. The second-order valence-corrected chi connectivity index (χ2v) is 6.24. The van der Waals surface area contributed by atoms with Gasteiger partial charge < -0.3 is 9.47 Å². The van der Waals surface area contributed by atoms with Crippen LogP contribution in [0.5, 0.6) is 0 Å². The van der Waals surface area contributed by atoms with Crippen LogP contribution in [0.2, 0.25) is 0 Å². The van der Waals surface area contributed by atoms with Gasteiger partial charge in [0.15, 0.2) is 0 Å². The van der Waals surface area contributed by atoms with Gasteiger partial charge in [-0.05, 0) is 36.8 Å². The molecule has 22 heavy (non-hydrogen) atoms. The predicted octanol–water partition coefficient (Wildman–Crippen LogP) is 2.30. The number of rotatable bonds is 2. The fraction of sp³-hybridized carbons (Fsp3) is 0.529. The summed E-state index contributed by atoms with van der Waals surface area (Å²) in [7, 11) is 0. The Kier molecular flexibility index (Phi) is 3.10. The van der Waals surface area contributed by atoms with Gasteiger partial charge in [0.05, 0.1) is 24.6 Å². The average molecular weight is 301 g/mol. The number of hydrogen-bond donors (Lipinski definition) is 0. The normalized spacial score (nSPS) is 32.0. The number of hydrogen-bond acceptors (Lipinski definition) is 4. The highest BCUT2D eigenvalue weighted by molar-refractivity contribution is 5.76. The number of carbonyl (C=O) groups is 2. The molecule has 1 aliphatic carbocycles. The van der Waals surface area contributed by atoms with E-state index in [1.54, 1.807) is 0 Å². The van der Waals surface area contributed by atoms with Crippen LogP contribution in [0.4, 0.5) is 4.79 Å². The number of amides is 1. The van der Waals surface area contributed by atoms with Gasteiger partial charge >= 0.3 is 12.1 Å². The Morgan fingerprint density at radius 2 is 2.23 bits per heavy atom. The van der Waals surface area contributed by atoms with Crippen molar-refractivity contribution in [3.05, 3.63) is 35.4 Å². The zero-order valence-corrected chi connectivity index (χ0v) is 12.5. The Morgan fingerprint density at radius 1 is 1.41 bits per heavy atom. The minimum atomic E-state index is -0.253. The van der Waals surface area contributed by atoms with E-state index >= 15 is 0 Å². The molecule has 0 spiro atoms. The summed E-state index contributed by atoms with van der Waals surface area (Å²) in [4.78, 5) is 26.3. The molecule has 0 aromatic heterocycles. The zero-order chi connectivity index (χ0) is 15.3. The highest BCUT2D eigenvalue weighted by atomic mass is 16.6. The Bertz CT molecular complexity index is 629. The van der Waals surface area contributed by atoms with Gasteiger partial charge in [-0.15, -0.1) is 0 Å². The van der Waals surface area contributed by atoms with Gasteiger partial charge in [0, 0.05) is 0 Å². The van der Waals surface area contributed by atoms with Crippen LogP contribution in [0.25, 0.3) is 0 Å². The van der Waals surface area contributed by atoms with Crippen LogP contribution in [0.3, 0.4) is 0 Å². The molecule has 2 heterocycles. The van der Waals surface area contributed by atoms with Gasteiger partial charge in [0.25, 0.3) is 0 Å². The van der Waals surface area contributed by atoms with E-state index in [0.29, 0.717) is 19.6 Å². The quantitative estimate of drug-likeness (QED) is 0.787. The van der Waals surface area contributed by atoms with Gasteiger partial charge in [0.1, 0.15) is 6.61 Å². The lowest BCUT2D eigenvalue weighted by molar-refractivity contribution is -0.150. The Hall–Kier alpha value is -2.04. The molecule has 0 unspecified atom stereocenters. The third-order valence-electron chi connectivity index (χ3n) is 5.17. The summed E-state index contributed by atoms with van der Waals surface area (Å²) in [6, 6.07) is 8.13.